The van der Waals surface area contributed by atoms with Crippen LogP contribution < -0.4 is 10.3 Å². The van der Waals surface area contributed by atoms with Crippen molar-refractivity contribution in [2.75, 3.05) is 0 Å². The van der Waals surface area contributed by atoms with Gasteiger partial charge in [0.2, 0.25) is 0 Å². The van der Waals surface area contributed by atoms with Crippen molar-refractivity contribution in [1.29, 1.82) is 0 Å². The number of carbonyl (C=O) groups is 1. The number of rotatable bonds is 5. The molecule has 2 aromatic rings. The van der Waals surface area contributed by atoms with Crippen molar-refractivity contribution in [2.45, 2.75) is 39.8 Å². The van der Waals surface area contributed by atoms with Gasteiger partial charge in [-0.15, -0.1) is 0 Å². The molecule has 2 rings (SSSR count). The van der Waals surface area contributed by atoms with Crippen molar-refractivity contribution in [3.8, 4) is 5.75 Å². The molecule has 1 heterocycles. The molecule has 0 radical (unpaired) electrons. The minimum Gasteiger partial charge on any atom is -0.491 e. The fourth-order valence-electron chi connectivity index (χ4n) is 2.07. The van der Waals surface area contributed by atoms with Crippen LogP contribution in [0.15, 0.2) is 35.3 Å². The van der Waals surface area contributed by atoms with Crippen molar-refractivity contribution in [2.24, 2.45) is 0 Å². The number of hydrogen-bond donors (Lipinski definition) is 0. The molecule has 0 N–H and O–H groups in total. The lowest BCUT2D eigenvalue weighted by molar-refractivity contribution is -0.117. The zero-order valence-electron chi connectivity index (χ0n) is 12.1. The first-order chi connectivity index (χ1) is 9.47. The highest BCUT2D eigenvalue weighted by Crippen LogP contribution is 2.19. The lowest BCUT2D eigenvalue weighted by Gasteiger charge is -2.11. The molecule has 4 nitrogen and oxygen atoms in total. The van der Waals surface area contributed by atoms with E-state index >= 15 is 0 Å². The van der Waals surface area contributed by atoms with E-state index in [0.29, 0.717) is 18.4 Å². The molecule has 0 saturated carbocycles. The van der Waals surface area contributed by atoms with E-state index in [1.54, 1.807) is 22.9 Å². The SMILES string of the molecule is CC(=O)CCn1ccc2cc(OC(C)C)ccc2c1=O. The molecule has 0 amide bonds. The van der Waals surface area contributed by atoms with Gasteiger partial charge in [0.05, 0.1) is 6.10 Å². The molecule has 20 heavy (non-hydrogen) atoms. The highest BCUT2D eigenvalue weighted by atomic mass is 16.5. The lowest BCUT2D eigenvalue weighted by Crippen LogP contribution is -2.20. The molecule has 106 valence electrons. The molecule has 0 saturated heterocycles. The summed E-state index contributed by atoms with van der Waals surface area (Å²) in [4.78, 5) is 23.3. The number of aryl methyl sites for hydroxylation is 1. The molecule has 4 heteroatoms. The Balaban J connectivity index is 2.37. The van der Waals surface area contributed by atoms with Gasteiger partial charge >= 0.3 is 0 Å². The van der Waals surface area contributed by atoms with Gasteiger partial charge in [-0.1, -0.05) is 0 Å². The van der Waals surface area contributed by atoms with Crippen LogP contribution in [0.2, 0.25) is 0 Å². The van der Waals surface area contributed by atoms with Crippen LogP contribution in [0, 0.1) is 0 Å². The summed E-state index contributed by atoms with van der Waals surface area (Å²) in [6, 6.07) is 7.33. The second-order valence-electron chi connectivity index (χ2n) is 5.18. The number of nitrogens with zero attached hydrogens (tertiary/aromatic N) is 1. The number of aromatic nitrogens is 1. The van der Waals surface area contributed by atoms with Crippen LogP contribution in [0.3, 0.4) is 0 Å². The van der Waals surface area contributed by atoms with Gasteiger partial charge in [0, 0.05) is 24.5 Å². The molecule has 1 aromatic heterocycles. The standard InChI is InChI=1S/C16H19NO3/c1-11(2)20-14-4-5-15-13(10-14)7-9-17(16(15)19)8-6-12(3)18/h4-5,7,9-11H,6,8H2,1-3H3. The summed E-state index contributed by atoms with van der Waals surface area (Å²) in [6.07, 6.45) is 2.20. The number of ketones is 1. The topological polar surface area (TPSA) is 48.3 Å². The average Bonchev–Trinajstić information content (AvgIpc) is 2.37. The summed E-state index contributed by atoms with van der Waals surface area (Å²) in [6.45, 7) is 5.88. The third-order valence-corrected chi connectivity index (χ3v) is 3.02. The summed E-state index contributed by atoms with van der Waals surface area (Å²) in [5.41, 5.74) is -0.0696. The zero-order chi connectivity index (χ0) is 14.7. The Bertz CT molecular complexity index is 686. The molecule has 0 unspecified atom stereocenters. The van der Waals surface area contributed by atoms with E-state index in [-0.39, 0.29) is 17.4 Å². The van der Waals surface area contributed by atoms with Crippen LogP contribution in [-0.4, -0.2) is 16.5 Å². The van der Waals surface area contributed by atoms with E-state index in [1.807, 2.05) is 26.0 Å². The number of carbonyl (C=O) groups excluding carboxylic acids is 1. The van der Waals surface area contributed by atoms with E-state index in [1.165, 1.54) is 6.92 Å². The Labute approximate surface area is 118 Å². The second kappa shape index (κ2) is 5.90. The summed E-state index contributed by atoms with van der Waals surface area (Å²) in [7, 11) is 0. The maximum Gasteiger partial charge on any atom is 0.258 e. The van der Waals surface area contributed by atoms with Crippen LogP contribution in [0.5, 0.6) is 5.75 Å². The van der Waals surface area contributed by atoms with Gasteiger partial charge in [0.1, 0.15) is 11.5 Å². The Morgan fingerprint density at radius 2 is 2.05 bits per heavy atom. The highest BCUT2D eigenvalue weighted by molar-refractivity contribution is 5.83. The summed E-state index contributed by atoms with van der Waals surface area (Å²) in [5, 5.41) is 1.50. The molecule has 0 aliphatic heterocycles. The smallest absolute Gasteiger partial charge is 0.258 e. The van der Waals surface area contributed by atoms with Crippen LogP contribution in [0.25, 0.3) is 10.8 Å². The molecular weight excluding hydrogens is 254 g/mol. The molecule has 0 spiro atoms. The molecule has 1 aromatic carbocycles. The van der Waals surface area contributed by atoms with Gasteiger partial charge in [-0.25, -0.2) is 0 Å². The van der Waals surface area contributed by atoms with E-state index in [4.69, 9.17) is 4.74 Å². The number of benzene rings is 1. The number of pyridine rings is 1. The first kappa shape index (κ1) is 14.3. The maximum absolute atomic E-state index is 12.3. The minimum atomic E-state index is -0.0696. The van der Waals surface area contributed by atoms with Crippen LogP contribution in [0.4, 0.5) is 0 Å². The number of ether oxygens (including phenoxy) is 1. The quantitative estimate of drug-likeness (QED) is 0.841. The number of fused-ring (bicyclic) bond motifs is 1. The Morgan fingerprint density at radius 1 is 1.30 bits per heavy atom. The zero-order valence-corrected chi connectivity index (χ0v) is 12.1. The van der Waals surface area contributed by atoms with Crippen molar-refractivity contribution >= 4 is 16.6 Å². The first-order valence-corrected chi connectivity index (χ1v) is 6.76. The molecule has 0 bridgehead atoms. The van der Waals surface area contributed by atoms with Gasteiger partial charge in [0.15, 0.2) is 0 Å². The van der Waals surface area contributed by atoms with Crippen LogP contribution >= 0.6 is 0 Å². The van der Waals surface area contributed by atoms with Crippen LogP contribution in [0.1, 0.15) is 27.2 Å². The third-order valence-electron chi connectivity index (χ3n) is 3.02. The van der Waals surface area contributed by atoms with Gasteiger partial charge in [-0.3, -0.25) is 9.59 Å². The largest absolute Gasteiger partial charge is 0.491 e. The Kier molecular flexibility index (Phi) is 4.23. The van der Waals surface area contributed by atoms with E-state index < -0.39 is 0 Å². The molecule has 0 aliphatic carbocycles. The highest BCUT2D eigenvalue weighted by Gasteiger charge is 2.06. The van der Waals surface area contributed by atoms with E-state index in [9.17, 15) is 9.59 Å². The minimum absolute atomic E-state index is 0.0696. The van der Waals surface area contributed by atoms with Crippen LogP contribution in [-0.2, 0) is 11.3 Å². The van der Waals surface area contributed by atoms with Gasteiger partial charge in [-0.2, -0.15) is 0 Å². The van der Waals surface area contributed by atoms with Gasteiger partial charge in [-0.05, 0) is 50.4 Å². The predicted octanol–water partition coefficient (Wildman–Crippen LogP) is 2.77. The molecule has 0 atom stereocenters. The Morgan fingerprint density at radius 3 is 2.70 bits per heavy atom. The fourth-order valence-corrected chi connectivity index (χ4v) is 2.07. The maximum atomic E-state index is 12.3. The van der Waals surface area contributed by atoms with Gasteiger partial charge < -0.3 is 9.30 Å². The lowest BCUT2D eigenvalue weighted by atomic mass is 10.1. The number of Topliss-reactive ketones (excluding diaryl/α,β-unsaturated/α-hetero) is 1. The third kappa shape index (κ3) is 3.26. The first-order valence-electron chi connectivity index (χ1n) is 6.76. The summed E-state index contributed by atoms with van der Waals surface area (Å²) in [5.74, 6) is 0.839. The monoisotopic (exact) mass is 273 g/mol. The predicted molar refractivity (Wildman–Crippen MR) is 79.3 cm³/mol. The molecule has 0 fully saturated rings. The second-order valence-corrected chi connectivity index (χ2v) is 5.18. The Hall–Kier alpha value is -2.10. The summed E-state index contributed by atoms with van der Waals surface area (Å²) >= 11 is 0. The summed E-state index contributed by atoms with van der Waals surface area (Å²) < 4.78 is 7.19. The van der Waals surface area contributed by atoms with Crippen molar-refractivity contribution in [1.82, 2.24) is 4.57 Å². The average molecular weight is 273 g/mol. The number of hydrogen-bond acceptors (Lipinski definition) is 3. The fraction of sp³-hybridized carbons (Fsp3) is 0.375. The normalized spacial score (nSPS) is 11.0. The van der Waals surface area contributed by atoms with Gasteiger partial charge in [0.25, 0.3) is 5.56 Å². The van der Waals surface area contributed by atoms with Crippen molar-refractivity contribution in [3.63, 3.8) is 0 Å². The van der Waals surface area contributed by atoms with Crippen molar-refractivity contribution < 1.29 is 9.53 Å². The van der Waals surface area contributed by atoms with Crippen molar-refractivity contribution in [3.05, 3.63) is 40.8 Å². The van der Waals surface area contributed by atoms with E-state index in [2.05, 4.69) is 0 Å². The molecular formula is C16H19NO3. The molecule has 0 aliphatic rings. The van der Waals surface area contributed by atoms with E-state index in [0.717, 1.165) is 11.1 Å².